The van der Waals surface area contributed by atoms with E-state index in [4.69, 9.17) is 9.84 Å². The topological polar surface area (TPSA) is 107 Å². The number of benzene rings is 1. The Bertz CT molecular complexity index is 569. The molecule has 0 bridgehead atoms. The smallest absolute Gasteiger partial charge is 0.313 e. The Morgan fingerprint density at radius 2 is 1.79 bits per heavy atom. The summed E-state index contributed by atoms with van der Waals surface area (Å²) in [5.74, 6) is 0.842. The molecule has 2 rings (SSSR count). The molecule has 0 unspecified atom stereocenters. The van der Waals surface area contributed by atoms with Gasteiger partial charge in [0.15, 0.2) is 0 Å². The summed E-state index contributed by atoms with van der Waals surface area (Å²) in [6, 6.07) is 9.34. The van der Waals surface area contributed by atoms with Crippen molar-refractivity contribution in [3.05, 3.63) is 30.3 Å². The molecular weight excluding hydrogens is 380 g/mol. The highest BCUT2D eigenvalue weighted by molar-refractivity contribution is 7.99. The van der Waals surface area contributed by atoms with E-state index in [0.717, 1.165) is 30.8 Å². The summed E-state index contributed by atoms with van der Waals surface area (Å²) in [7, 11) is 0. The van der Waals surface area contributed by atoms with E-state index in [1.54, 1.807) is 0 Å². The maximum absolute atomic E-state index is 10.5. The highest BCUT2D eigenvalue weighted by Crippen LogP contribution is 2.39. The highest BCUT2D eigenvalue weighted by Gasteiger charge is 2.40. The van der Waals surface area contributed by atoms with Crippen LogP contribution in [0.2, 0.25) is 0 Å². The van der Waals surface area contributed by atoms with Gasteiger partial charge in [-0.25, -0.2) is 0 Å². The lowest BCUT2D eigenvalue weighted by Gasteiger charge is -2.24. The summed E-state index contributed by atoms with van der Waals surface area (Å²) < 4.78 is 5.57. The minimum Gasteiger partial charge on any atom is -0.491 e. The Hall–Kier alpha value is -1.28. The molecule has 0 saturated heterocycles. The first-order valence-electron chi connectivity index (χ1n) is 9.99. The lowest BCUT2D eigenvalue weighted by molar-refractivity contribution is -0.133. The number of rotatable bonds is 13. The fourth-order valence-corrected chi connectivity index (χ4v) is 4.63. The van der Waals surface area contributed by atoms with Crippen LogP contribution >= 0.6 is 11.8 Å². The van der Waals surface area contributed by atoms with Crippen LogP contribution in [0.25, 0.3) is 0 Å². The largest absolute Gasteiger partial charge is 0.491 e. The number of thioether (sulfide) groups is 1. The standard InChI is InChI=1S/C21H32O6S/c22-15(13-27-16-6-2-1-3-7-16)9-10-18-17(19(23)12-20(18)24)8-4-5-11-28-14-21(25)26/h1-3,6-7,15,17-20,22-24H,4-5,8-14H2,(H,25,26)/t15-,17-,18-,19+,20-/m1/s1. The SMILES string of the molecule is O=C(O)CSCCCC[C@@H]1[C@@H](CC[C@@H](O)COc2ccccc2)[C@H](O)C[C@@H]1O. The summed E-state index contributed by atoms with van der Waals surface area (Å²) in [4.78, 5) is 10.5. The number of unbranched alkanes of at least 4 members (excludes halogenated alkanes) is 1. The van der Waals surface area contributed by atoms with Gasteiger partial charge in [-0.05, 0) is 61.8 Å². The van der Waals surface area contributed by atoms with Gasteiger partial charge in [-0.15, -0.1) is 0 Å². The van der Waals surface area contributed by atoms with E-state index >= 15 is 0 Å². The number of para-hydroxylation sites is 1. The van der Waals surface area contributed by atoms with Gasteiger partial charge in [0, 0.05) is 0 Å². The number of aliphatic hydroxyl groups is 3. The lowest BCUT2D eigenvalue weighted by Crippen LogP contribution is -2.25. The van der Waals surface area contributed by atoms with Crippen molar-refractivity contribution in [2.45, 2.75) is 56.8 Å². The molecule has 1 aromatic carbocycles. The molecule has 0 aromatic heterocycles. The molecule has 4 N–H and O–H groups in total. The van der Waals surface area contributed by atoms with Crippen LogP contribution in [0.4, 0.5) is 0 Å². The second-order valence-electron chi connectivity index (χ2n) is 7.50. The van der Waals surface area contributed by atoms with Crippen LogP contribution in [0.1, 0.15) is 38.5 Å². The monoisotopic (exact) mass is 412 g/mol. The Balaban J connectivity index is 1.69. The van der Waals surface area contributed by atoms with E-state index in [1.807, 2.05) is 30.3 Å². The zero-order valence-electron chi connectivity index (χ0n) is 16.2. The molecule has 0 amide bonds. The van der Waals surface area contributed by atoms with Crippen molar-refractivity contribution < 1.29 is 30.0 Å². The Morgan fingerprint density at radius 1 is 1.11 bits per heavy atom. The molecule has 6 nitrogen and oxygen atoms in total. The minimum atomic E-state index is -0.797. The zero-order chi connectivity index (χ0) is 20.4. The molecule has 1 saturated carbocycles. The lowest BCUT2D eigenvalue weighted by atomic mass is 9.85. The number of hydrogen-bond donors (Lipinski definition) is 4. The molecule has 0 radical (unpaired) electrons. The average Bonchev–Trinajstić information content (AvgIpc) is 2.94. The second-order valence-corrected chi connectivity index (χ2v) is 8.60. The van der Waals surface area contributed by atoms with Crippen molar-refractivity contribution in [3.63, 3.8) is 0 Å². The second kappa shape index (κ2) is 12.3. The molecule has 1 aliphatic rings. The fourth-order valence-electron chi connectivity index (χ4n) is 3.90. The van der Waals surface area contributed by atoms with Crippen molar-refractivity contribution in [2.75, 3.05) is 18.1 Å². The van der Waals surface area contributed by atoms with E-state index < -0.39 is 24.3 Å². The van der Waals surface area contributed by atoms with Crippen LogP contribution in [0.15, 0.2) is 30.3 Å². The molecule has 1 fully saturated rings. The van der Waals surface area contributed by atoms with Crippen LogP contribution in [0.5, 0.6) is 5.75 Å². The third kappa shape index (κ3) is 7.99. The van der Waals surface area contributed by atoms with Crippen LogP contribution in [0, 0.1) is 11.8 Å². The van der Waals surface area contributed by atoms with Gasteiger partial charge in [0.05, 0.1) is 24.1 Å². The van der Waals surface area contributed by atoms with Gasteiger partial charge in [-0.1, -0.05) is 24.6 Å². The number of hydrogen-bond acceptors (Lipinski definition) is 6. The molecule has 5 atom stereocenters. The third-order valence-corrected chi connectivity index (χ3v) is 6.37. The maximum Gasteiger partial charge on any atom is 0.313 e. The Labute approximate surface area is 170 Å². The maximum atomic E-state index is 10.5. The quantitative estimate of drug-likeness (QED) is 0.369. The van der Waals surface area contributed by atoms with Gasteiger partial charge < -0.3 is 25.2 Å². The first-order valence-corrected chi connectivity index (χ1v) is 11.1. The van der Waals surface area contributed by atoms with Crippen LogP contribution < -0.4 is 4.74 Å². The van der Waals surface area contributed by atoms with Crippen molar-refractivity contribution in [1.82, 2.24) is 0 Å². The van der Waals surface area contributed by atoms with Crippen LogP contribution in [-0.2, 0) is 4.79 Å². The Morgan fingerprint density at radius 3 is 2.46 bits per heavy atom. The van der Waals surface area contributed by atoms with E-state index in [1.165, 1.54) is 11.8 Å². The summed E-state index contributed by atoms with van der Waals surface area (Å²) in [6.45, 7) is 0.209. The van der Waals surface area contributed by atoms with Gasteiger partial charge in [-0.2, -0.15) is 11.8 Å². The van der Waals surface area contributed by atoms with Gasteiger partial charge in [0.1, 0.15) is 12.4 Å². The van der Waals surface area contributed by atoms with Gasteiger partial charge in [-0.3, -0.25) is 4.79 Å². The summed E-state index contributed by atoms with van der Waals surface area (Å²) in [5, 5.41) is 39.4. The minimum absolute atomic E-state index is 0.0203. The highest BCUT2D eigenvalue weighted by atomic mass is 32.2. The van der Waals surface area contributed by atoms with Gasteiger partial charge in [0.2, 0.25) is 0 Å². The molecule has 0 aliphatic heterocycles. The summed E-state index contributed by atoms with van der Waals surface area (Å²) in [5.41, 5.74) is 0. The van der Waals surface area contributed by atoms with Crippen LogP contribution in [0.3, 0.4) is 0 Å². The van der Waals surface area contributed by atoms with E-state index in [9.17, 15) is 20.1 Å². The van der Waals surface area contributed by atoms with Crippen molar-refractivity contribution in [2.24, 2.45) is 11.8 Å². The predicted molar refractivity (Wildman–Crippen MR) is 110 cm³/mol. The number of aliphatic hydroxyl groups excluding tert-OH is 3. The number of carboxylic acid groups (broad SMARTS) is 1. The molecule has 28 heavy (non-hydrogen) atoms. The number of ether oxygens (including phenoxy) is 1. The normalized spacial score (nSPS) is 25.5. The molecule has 0 heterocycles. The van der Waals surface area contributed by atoms with E-state index in [0.29, 0.717) is 19.3 Å². The first kappa shape index (κ1) is 23.0. The van der Waals surface area contributed by atoms with Crippen molar-refractivity contribution >= 4 is 17.7 Å². The molecule has 1 aliphatic carbocycles. The predicted octanol–water partition coefficient (Wildman–Crippen LogP) is 2.55. The van der Waals surface area contributed by atoms with Gasteiger partial charge in [0.25, 0.3) is 0 Å². The van der Waals surface area contributed by atoms with Crippen molar-refractivity contribution in [3.8, 4) is 5.75 Å². The molecule has 158 valence electrons. The summed E-state index contributed by atoms with van der Waals surface area (Å²) in [6.07, 6.45) is 2.51. The molecule has 0 spiro atoms. The molecular formula is C21H32O6S. The number of carboxylic acids is 1. The molecule has 7 heteroatoms. The van der Waals surface area contributed by atoms with E-state index in [-0.39, 0.29) is 24.2 Å². The zero-order valence-corrected chi connectivity index (χ0v) is 17.0. The van der Waals surface area contributed by atoms with Gasteiger partial charge >= 0.3 is 5.97 Å². The summed E-state index contributed by atoms with van der Waals surface area (Å²) >= 11 is 1.41. The van der Waals surface area contributed by atoms with Crippen molar-refractivity contribution in [1.29, 1.82) is 0 Å². The number of carbonyl (C=O) groups is 1. The van der Waals surface area contributed by atoms with Crippen LogP contribution in [-0.4, -0.2) is 62.8 Å². The Kier molecular flexibility index (Phi) is 10.1. The first-order chi connectivity index (χ1) is 13.5. The van der Waals surface area contributed by atoms with E-state index in [2.05, 4.69) is 0 Å². The fraction of sp³-hybridized carbons (Fsp3) is 0.667. The molecule has 1 aromatic rings. The number of aliphatic carboxylic acids is 1. The third-order valence-electron chi connectivity index (χ3n) is 5.34. The average molecular weight is 413 g/mol.